The lowest BCUT2D eigenvalue weighted by molar-refractivity contribution is 0.342. The van der Waals surface area contributed by atoms with Crippen LogP contribution in [0.15, 0.2) is 6.33 Å². The molecule has 1 aromatic heterocycles. The number of rotatable bonds is 7. The second-order valence-corrected chi connectivity index (χ2v) is 5.50. The molecule has 0 saturated heterocycles. The van der Waals surface area contributed by atoms with Crippen molar-refractivity contribution in [2.45, 2.75) is 46.5 Å². The van der Waals surface area contributed by atoms with Crippen molar-refractivity contribution in [3.05, 3.63) is 6.33 Å². The van der Waals surface area contributed by atoms with Crippen LogP contribution in [0, 0.1) is 5.41 Å². The van der Waals surface area contributed by atoms with Crippen LogP contribution in [0.4, 0.5) is 5.13 Å². The Labute approximate surface area is 96.5 Å². The number of nitrogens with one attached hydrogen (secondary N) is 1. The minimum atomic E-state index is 0.348. The molecule has 1 heterocycles. The van der Waals surface area contributed by atoms with Crippen LogP contribution in [0.1, 0.15) is 46.5 Å². The zero-order valence-corrected chi connectivity index (χ0v) is 10.7. The van der Waals surface area contributed by atoms with Crippen LogP contribution in [0.3, 0.4) is 0 Å². The van der Waals surface area contributed by atoms with E-state index in [-0.39, 0.29) is 0 Å². The summed E-state index contributed by atoms with van der Waals surface area (Å²) < 4.78 is 3.97. The number of unbranched alkanes of at least 4 members (excludes halogenated alkanes) is 2. The Kier molecular flexibility index (Phi) is 5.02. The third kappa shape index (κ3) is 5.11. The Morgan fingerprint density at radius 3 is 2.80 bits per heavy atom. The zero-order valence-electron chi connectivity index (χ0n) is 9.92. The summed E-state index contributed by atoms with van der Waals surface area (Å²) >= 11 is 1.42. The highest BCUT2D eigenvalue weighted by atomic mass is 32.1. The van der Waals surface area contributed by atoms with E-state index in [2.05, 4.69) is 35.4 Å². The minimum Gasteiger partial charge on any atom is -0.360 e. The van der Waals surface area contributed by atoms with E-state index in [0.717, 1.165) is 11.7 Å². The number of hydrogen-bond acceptors (Lipinski definition) is 4. The van der Waals surface area contributed by atoms with E-state index in [0.29, 0.717) is 5.41 Å². The summed E-state index contributed by atoms with van der Waals surface area (Å²) in [6.07, 6.45) is 6.81. The highest BCUT2D eigenvalue weighted by Crippen LogP contribution is 2.24. The molecule has 0 bridgehead atoms. The van der Waals surface area contributed by atoms with Crippen molar-refractivity contribution >= 4 is 16.7 Å². The summed E-state index contributed by atoms with van der Waals surface area (Å²) in [5, 5.41) is 4.27. The van der Waals surface area contributed by atoms with Gasteiger partial charge in [-0.1, -0.05) is 40.0 Å². The van der Waals surface area contributed by atoms with Crippen molar-refractivity contribution in [3.63, 3.8) is 0 Å². The molecule has 86 valence electrons. The summed E-state index contributed by atoms with van der Waals surface area (Å²) in [7, 11) is 0. The fourth-order valence-corrected chi connectivity index (χ4v) is 1.93. The molecule has 0 spiro atoms. The maximum atomic E-state index is 4.11. The van der Waals surface area contributed by atoms with E-state index in [4.69, 9.17) is 0 Å². The molecule has 1 aromatic rings. The molecule has 0 atom stereocenters. The summed E-state index contributed by atoms with van der Waals surface area (Å²) in [6.45, 7) is 7.83. The lowest BCUT2D eigenvalue weighted by atomic mass is 9.87. The van der Waals surface area contributed by atoms with Gasteiger partial charge in [-0.2, -0.15) is 4.37 Å². The molecular formula is C11H21N3S. The molecule has 15 heavy (non-hydrogen) atoms. The molecule has 1 rings (SSSR count). The highest BCUT2D eigenvalue weighted by molar-refractivity contribution is 7.09. The third-order valence-corrected chi connectivity index (χ3v) is 3.16. The molecule has 4 heteroatoms. The molecule has 3 nitrogen and oxygen atoms in total. The first kappa shape index (κ1) is 12.4. The highest BCUT2D eigenvalue weighted by Gasteiger charge is 2.17. The molecule has 0 fully saturated rings. The van der Waals surface area contributed by atoms with Gasteiger partial charge >= 0.3 is 0 Å². The molecular weight excluding hydrogens is 206 g/mol. The molecule has 0 radical (unpaired) electrons. The lowest BCUT2D eigenvalue weighted by Gasteiger charge is -2.24. The third-order valence-electron chi connectivity index (χ3n) is 2.54. The van der Waals surface area contributed by atoms with Crippen LogP contribution >= 0.6 is 11.5 Å². The molecule has 1 N–H and O–H groups in total. The van der Waals surface area contributed by atoms with Gasteiger partial charge in [0.2, 0.25) is 5.13 Å². The van der Waals surface area contributed by atoms with Crippen LogP contribution < -0.4 is 5.32 Å². The van der Waals surface area contributed by atoms with Crippen molar-refractivity contribution in [1.82, 2.24) is 9.36 Å². The van der Waals surface area contributed by atoms with Gasteiger partial charge in [0, 0.05) is 18.1 Å². The van der Waals surface area contributed by atoms with Gasteiger partial charge in [0.25, 0.3) is 0 Å². The monoisotopic (exact) mass is 227 g/mol. The van der Waals surface area contributed by atoms with Gasteiger partial charge in [0.1, 0.15) is 6.33 Å². The van der Waals surface area contributed by atoms with Crippen molar-refractivity contribution in [2.75, 3.05) is 11.9 Å². The first-order chi connectivity index (χ1) is 7.14. The standard InChI is InChI=1S/C11H21N3S/c1-4-5-6-7-11(2,3)8-12-10-13-9-14-15-10/h9H,4-8H2,1-3H3,(H,12,13,14). The van der Waals surface area contributed by atoms with Gasteiger partial charge in [0.05, 0.1) is 0 Å². The Morgan fingerprint density at radius 1 is 1.40 bits per heavy atom. The number of aromatic nitrogens is 2. The molecule has 0 aliphatic rings. The van der Waals surface area contributed by atoms with Crippen molar-refractivity contribution in [1.29, 1.82) is 0 Å². The lowest BCUT2D eigenvalue weighted by Crippen LogP contribution is -2.22. The Hall–Kier alpha value is -0.640. The zero-order chi connectivity index (χ0) is 11.1. The molecule has 0 aromatic carbocycles. The number of anilines is 1. The SMILES string of the molecule is CCCCCC(C)(C)CNc1ncns1. The molecule has 0 unspecified atom stereocenters. The maximum absolute atomic E-state index is 4.11. The predicted molar refractivity (Wildman–Crippen MR) is 66.3 cm³/mol. The van der Waals surface area contributed by atoms with Gasteiger partial charge in [0.15, 0.2) is 0 Å². The minimum absolute atomic E-state index is 0.348. The summed E-state index contributed by atoms with van der Waals surface area (Å²) in [5.41, 5.74) is 0.348. The predicted octanol–water partition coefficient (Wildman–Crippen LogP) is 3.56. The van der Waals surface area contributed by atoms with Crippen LogP contribution in [-0.2, 0) is 0 Å². The first-order valence-corrected chi connectivity index (χ1v) is 6.42. The Balaban J connectivity index is 2.23. The van der Waals surface area contributed by atoms with E-state index in [9.17, 15) is 0 Å². The summed E-state index contributed by atoms with van der Waals surface area (Å²) in [4.78, 5) is 4.11. The largest absolute Gasteiger partial charge is 0.360 e. The average Bonchev–Trinajstić information content (AvgIpc) is 2.68. The van der Waals surface area contributed by atoms with E-state index >= 15 is 0 Å². The van der Waals surface area contributed by atoms with E-state index in [1.807, 2.05) is 0 Å². The summed E-state index contributed by atoms with van der Waals surface area (Å²) in [6, 6.07) is 0. The van der Waals surface area contributed by atoms with Gasteiger partial charge in [-0.25, -0.2) is 4.98 Å². The number of hydrogen-bond donors (Lipinski definition) is 1. The summed E-state index contributed by atoms with van der Waals surface area (Å²) in [5.74, 6) is 0. The first-order valence-electron chi connectivity index (χ1n) is 5.64. The van der Waals surface area contributed by atoms with Gasteiger partial charge in [-0.05, 0) is 11.8 Å². The molecule has 0 saturated carbocycles. The van der Waals surface area contributed by atoms with Crippen LogP contribution in [-0.4, -0.2) is 15.9 Å². The fourth-order valence-electron chi connectivity index (χ4n) is 1.51. The van der Waals surface area contributed by atoms with E-state index < -0.39 is 0 Å². The van der Waals surface area contributed by atoms with E-state index in [1.54, 1.807) is 6.33 Å². The van der Waals surface area contributed by atoms with Crippen molar-refractivity contribution < 1.29 is 0 Å². The molecule has 0 amide bonds. The van der Waals surface area contributed by atoms with Crippen LogP contribution in [0.25, 0.3) is 0 Å². The molecule has 0 aliphatic carbocycles. The maximum Gasteiger partial charge on any atom is 0.202 e. The molecule has 0 aliphatic heterocycles. The van der Waals surface area contributed by atoms with Gasteiger partial charge < -0.3 is 5.32 Å². The Bertz CT molecular complexity index is 257. The second kappa shape index (κ2) is 6.05. The second-order valence-electron chi connectivity index (χ2n) is 4.72. The normalized spacial score (nSPS) is 11.7. The fraction of sp³-hybridized carbons (Fsp3) is 0.818. The van der Waals surface area contributed by atoms with Crippen LogP contribution in [0.5, 0.6) is 0 Å². The van der Waals surface area contributed by atoms with E-state index in [1.165, 1.54) is 37.2 Å². The van der Waals surface area contributed by atoms with Crippen LogP contribution in [0.2, 0.25) is 0 Å². The van der Waals surface area contributed by atoms with Gasteiger partial charge in [-0.15, -0.1) is 0 Å². The van der Waals surface area contributed by atoms with Gasteiger partial charge in [-0.3, -0.25) is 0 Å². The quantitative estimate of drug-likeness (QED) is 0.724. The smallest absolute Gasteiger partial charge is 0.202 e. The average molecular weight is 227 g/mol. The Morgan fingerprint density at radius 2 is 2.20 bits per heavy atom. The topological polar surface area (TPSA) is 37.8 Å². The van der Waals surface area contributed by atoms with Crippen molar-refractivity contribution in [2.24, 2.45) is 5.41 Å². The number of nitrogens with zero attached hydrogens (tertiary/aromatic N) is 2. The van der Waals surface area contributed by atoms with Crippen molar-refractivity contribution in [3.8, 4) is 0 Å².